The van der Waals surface area contributed by atoms with E-state index in [2.05, 4.69) is 15.2 Å². The van der Waals surface area contributed by atoms with Crippen LogP contribution in [0.5, 0.6) is 5.75 Å². The Balaban J connectivity index is 1.38. The molecule has 33 heavy (non-hydrogen) atoms. The fraction of sp³-hybridized carbons (Fsp3) is 0.476. The number of hydrogen-bond donors (Lipinski definition) is 2. The van der Waals surface area contributed by atoms with E-state index in [1.165, 1.54) is 18.2 Å². The lowest BCUT2D eigenvalue weighted by atomic mass is 10.0. The number of nitrogens with two attached hydrogens (primary N) is 1. The van der Waals surface area contributed by atoms with Crippen LogP contribution in [0.25, 0.3) is 11.3 Å². The molecule has 2 aliphatic rings. The molecule has 1 aromatic heterocycles. The molecule has 1 aliphatic carbocycles. The van der Waals surface area contributed by atoms with Gasteiger partial charge in [0.25, 0.3) is 0 Å². The standard InChI is InChI=1S/C21H24F3N5O4/c22-21(23,24)32-16-5-1-3-13(9-16)18-10-17(33-27-18)11-26-20(31)29(14-6-7-14)15-4-2-8-28(12-15)19(25)30/h1,3,5,9-10,14-15H,2,4,6-8,11-12H2,(H2,25,30)(H,26,31)/t15-/m1/s1. The third kappa shape index (κ3) is 5.88. The highest BCUT2D eigenvalue weighted by Crippen LogP contribution is 2.32. The number of primary amides is 1. The number of nitrogens with zero attached hydrogens (tertiary/aromatic N) is 3. The Bertz CT molecular complexity index is 1010. The minimum absolute atomic E-state index is 0.0556. The molecule has 2 fully saturated rings. The molecule has 3 N–H and O–H groups in total. The average molecular weight is 467 g/mol. The first kappa shape index (κ1) is 22.7. The Morgan fingerprint density at radius 3 is 2.73 bits per heavy atom. The summed E-state index contributed by atoms with van der Waals surface area (Å²) < 4.78 is 46.5. The van der Waals surface area contributed by atoms with Gasteiger partial charge in [0.05, 0.1) is 12.6 Å². The maximum absolute atomic E-state index is 12.9. The predicted octanol–water partition coefficient (Wildman–Crippen LogP) is 3.46. The molecule has 2 heterocycles. The van der Waals surface area contributed by atoms with Crippen molar-refractivity contribution in [3.8, 4) is 17.0 Å². The molecule has 4 amide bonds. The van der Waals surface area contributed by atoms with E-state index >= 15 is 0 Å². The maximum Gasteiger partial charge on any atom is 0.573 e. The molecule has 1 atom stereocenters. The number of halogens is 3. The van der Waals surface area contributed by atoms with Gasteiger partial charge in [0, 0.05) is 30.8 Å². The zero-order valence-electron chi connectivity index (χ0n) is 17.7. The van der Waals surface area contributed by atoms with Crippen molar-refractivity contribution >= 4 is 12.1 Å². The second kappa shape index (κ2) is 9.20. The monoisotopic (exact) mass is 467 g/mol. The van der Waals surface area contributed by atoms with Crippen LogP contribution in [-0.4, -0.2) is 58.6 Å². The van der Waals surface area contributed by atoms with Crippen LogP contribution in [0.4, 0.5) is 22.8 Å². The average Bonchev–Trinajstić information content (AvgIpc) is 3.47. The summed E-state index contributed by atoms with van der Waals surface area (Å²) in [6.07, 6.45) is -1.42. The molecule has 2 aromatic rings. The second-order valence-electron chi connectivity index (χ2n) is 8.13. The summed E-state index contributed by atoms with van der Waals surface area (Å²) >= 11 is 0. The van der Waals surface area contributed by atoms with Crippen molar-refractivity contribution < 1.29 is 32.0 Å². The van der Waals surface area contributed by atoms with E-state index in [1.807, 2.05) is 0 Å². The van der Waals surface area contributed by atoms with Gasteiger partial charge in [-0.05, 0) is 37.8 Å². The van der Waals surface area contributed by atoms with Crippen molar-refractivity contribution in [2.45, 2.75) is 50.7 Å². The third-order valence-electron chi connectivity index (χ3n) is 5.61. The number of likely N-dealkylation sites (tertiary alicyclic amines) is 1. The molecule has 9 nitrogen and oxygen atoms in total. The van der Waals surface area contributed by atoms with Crippen molar-refractivity contribution in [2.75, 3.05) is 13.1 Å². The molecular weight excluding hydrogens is 443 g/mol. The van der Waals surface area contributed by atoms with Gasteiger partial charge in [0.15, 0.2) is 5.76 Å². The molecule has 12 heteroatoms. The zero-order chi connectivity index (χ0) is 23.6. The first-order valence-corrected chi connectivity index (χ1v) is 10.6. The number of carbonyl (C=O) groups excluding carboxylic acids is 2. The van der Waals surface area contributed by atoms with Crippen molar-refractivity contribution in [1.82, 2.24) is 20.3 Å². The molecule has 0 bridgehead atoms. The number of amides is 4. The first-order valence-electron chi connectivity index (χ1n) is 10.6. The van der Waals surface area contributed by atoms with Gasteiger partial charge in [-0.25, -0.2) is 9.59 Å². The number of piperidine rings is 1. The minimum Gasteiger partial charge on any atom is -0.406 e. The Morgan fingerprint density at radius 2 is 2.03 bits per heavy atom. The summed E-state index contributed by atoms with van der Waals surface area (Å²) in [5, 5.41) is 6.69. The highest BCUT2D eigenvalue weighted by Gasteiger charge is 2.39. The summed E-state index contributed by atoms with van der Waals surface area (Å²) in [7, 11) is 0. The van der Waals surface area contributed by atoms with Crippen LogP contribution in [0.3, 0.4) is 0 Å². The summed E-state index contributed by atoms with van der Waals surface area (Å²) in [5.41, 5.74) is 6.10. The van der Waals surface area contributed by atoms with E-state index in [4.69, 9.17) is 10.3 Å². The van der Waals surface area contributed by atoms with E-state index in [-0.39, 0.29) is 30.4 Å². The van der Waals surface area contributed by atoms with Gasteiger partial charge in [0.1, 0.15) is 11.4 Å². The molecule has 0 radical (unpaired) electrons. The van der Waals surface area contributed by atoms with E-state index in [0.717, 1.165) is 25.7 Å². The van der Waals surface area contributed by atoms with Gasteiger partial charge >= 0.3 is 18.4 Å². The lowest BCUT2D eigenvalue weighted by Gasteiger charge is -2.38. The maximum atomic E-state index is 12.9. The Labute approximate surface area is 187 Å². The molecule has 0 spiro atoms. The number of carbonyl (C=O) groups is 2. The first-order chi connectivity index (χ1) is 15.7. The number of benzene rings is 1. The van der Waals surface area contributed by atoms with E-state index in [0.29, 0.717) is 30.1 Å². The SMILES string of the molecule is NC(=O)N1CCC[C@@H](N(C(=O)NCc2cc(-c3cccc(OC(F)(F)F)c3)no2)C2CC2)C1. The fourth-order valence-corrected chi connectivity index (χ4v) is 4.00. The Hall–Kier alpha value is -3.44. The summed E-state index contributed by atoms with van der Waals surface area (Å²) in [6.45, 7) is 1.05. The molecule has 1 aromatic carbocycles. The van der Waals surface area contributed by atoms with Crippen LogP contribution in [0.2, 0.25) is 0 Å². The van der Waals surface area contributed by atoms with Crippen LogP contribution in [-0.2, 0) is 6.54 Å². The zero-order valence-corrected chi connectivity index (χ0v) is 17.7. The predicted molar refractivity (Wildman–Crippen MR) is 110 cm³/mol. The van der Waals surface area contributed by atoms with E-state index in [1.54, 1.807) is 21.9 Å². The molecular formula is C21H24F3N5O4. The van der Waals surface area contributed by atoms with Gasteiger partial charge in [-0.15, -0.1) is 13.2 Å². The van der Waals surface area contributed by atoms with Crippen molar-refractivity contribution in [1.29, 1.82) is 0 Å². The van der Waals surface area contributed by atoms with Gasteiger partial charge in [-0.1, -0.05) is 17.3 Å². The fourth-order valence-electron chi connectivity index (χ4n) is 4.00. The molecule has 0 unspecified atom stereocenters. The summed E-state index contributed by atoms with van der Waals surface area (Å²) in [6, 6.07) is 6.19. The highest BCUT2D eigenvalue weighted by atomic mass is 19.4. The topological polar surface area (TPSA) is 114 Å². The van der Waals surface area contributed by atoms with Crippen molar-refractivity contribution in [2.24, 2.45) is 5.73 Å². The van der Waals surface area contributed by atoms with Crippen LogP contribution < -0.4 is 15.8 Å². The number of alkyl halides is 3. The smallest absolute Gasteiger partial charge is 0.406 e. The quantitative estimate of drug-likeness (QED) is 0.676. The van der Waals surface area contributed by atoms with Crippen LogP contribution in [0, 0.1) is 0 Å². The third-order valence-corrected chi connectivity index (χ3v) is 5.61. The molecule has 1 aliphatic heterocycles. The second-order valence-corrected chi connectivity index (χ2v) is 8.13. The Morgan fingerprint density at radius 1 is 1.24 bits per heavy atom. The number of nitrogens with one attached hydrogen (secondary N) is 1. The number of ether oxygens (including phenoxy) is 1. The molecule has 178 valence electrons. The van der Waals surface area contributed by atoms with E-state index in [9.17, 15) is 22.8 Å². The molecule has 4 rings (SSSR count). The van der Waals surface area contributed by atoms with Gasteiger partial charge in [0.2, 0.25) is 0 Å². The lowest BCUT2D eigenvalue weighted by Crippen LogP contribution is -2.55. The number of hydrogen-bond acceptors (Lipinski definition) is 5. The largest absolute Gasteiger partial charge is 0.573 e. The van der Waals surface area contributed by atoms with Crippen molar-refractivity contribution in [3.05, 3.63) is 36.1 Å². The normalized spacial score (nSPS) is 18.6. The number of aromatic nitrogens is 1. The lowest BCUT2D eigenvalue weighted by molar-refractivity contribution is -0.274. The van der Waals surface area contributed by atoms with Gasteiger partial charge < -0.3 is 30.1 Å². The highest BCUT2D eigenvalue weighted by molar-refractivity contribution is 5.76. The number of rotatable bonds is 6. The Kier molecular flexibility index (Phi) is 6.34. The minimum atomic E-state index is -4.79. The van der Waals surface area contributed by atoms with Crippen LogP contribution in [0.15, 0.2) is 34.9 Å². The summed E-state index contributed by atoms with van der Waals surface area (Å²) in [4.78, 5) is 27.8. The molecule has 1 saturated heterocycles. The number of urea groups is 2. The van der Waals surface area contributed by atoms with Gasteiger partial charge in [-0.3, -0.25) is 0 Å². The van der Waals surface area contributed by atoms with Crippen LogP contribution in [0.1, 0.15) is 31.4 Å². The van der Waals surface area contributed by atoms with Crippen LogP contribution >= 0.6 is 0 Å². The van der Waals surface area contributed by atoms with E-state index < -0.39 is 12.4 Å². The molecule has 1 saturated carbocycles. The van der Waals surface area contributed by atoms with Gasteiger partial charge in [-0.2, -0.15) is 0 Å². The summed E-state index contributed by atoms with van der Waals surface area (Å²) in [5.74, 6) is -0.0194. The van der Waals surface area contributed by atoms with Crippen molar-refractivity contribution in [3.63, 3.8) is 0 Å².